The van der Waals surface area contributed by atoms with E-state index in [4.69, 9.17) is 4.74 Å². The Bertz CT molecular complexity index is 2860. The molecule has 1 fully saturated rings. The number of carboxylic acids is 1. The van der Waals surface area contributed by atoms with E-state index >= 15 is 0 Å². The van der Waals surface area contributed by atoms with Crippen molar-refractivity contribution in [1.82, 2.24) is 25.0 Å². The van der Waals surface area contributed by atoms with Crippen LogP contribution in [0, 0.1) is 0 Å². The monoisotopic (exact) mass is 1000 g/mol. The first-order chi connectivity index (χ1) is 33.3. The quantitative estimate of drug-likeness (QED) is 0.0409. The number of hydrogen-bond donors (Lipinski definition) is 5. The summed E-state index contributed by atoms with van der Waals surface area (Å²) in [6, 6.07) is 21.2. The van der Waals surface area contributed by atoms with Gasteiger partial charge in [-0.25, -0.2) is 4.79 Å². The number of carbonyl (C=O) groups is 8. The van der Waals surface area contributed by atoms with Gasteiger partial charge in [-0.2, -0.15) is 0 Å². The lowest BCUT2D eigenvalue weighted by Gasteiger charge is -2.31. The molecule has 69 heavy (non-hydrogen) atoms. The number of halogens is 1. The Balaban J connectivity index is 0.890. The van der Waals surface area contributed by atoms with Crippen LogP contribution in [-0.4, -0.2) is 129 Å². The van der Waals surface area contributed by atoms with Crippen LogP contribution in [-0.2, 0) is 30.4 Å². The highest BCUT2D eigenvalue weighted by Gasteiger charge is 2.37. The highest BCUT2D eigenvalue weighted by molar-refractivity contribution is 9.09. The van der Waals surface area contributed by atoms with E-state index in [0.29, 0.717) is 83.5 Å². The van der Waals surface area contributed by atoms with E-state index in [0.717, 1.165) is 34.3 Å². The Labute approximate surface area is 405 Å². The first-order valence-electron chi connectivity index (χ1n) is 22.8. The first kappa shape index (κ1) is 48.1. The van der Waals surface area contributed by atoms with Crippen LogP contribution in [0.4, 0.5) is 21.9 Å². The largest absolute Gasteiger partial charge is 0.481 e. The number of carboxylic acid groups (broad SMARTS) is 1. The Morgan fingerprint density at radius 1 is 0.826 bits per heavy atom. The zero-order valence-electron chi connectivity index (χ0n) is 37.8. The van der Waals surface area contributed by atoms with Crippen molar-refractivity contribution in [2.24, 2.45) is 0 Å². The van der Waals surface area contributed by atoms with Crippen molar-refractivity contribution >= 4 is 102 Å². The number of amides is 7. The van der Waals surface area contributed by atoms with Gasteiger partial charge in [0.2, 0.25) is 11.8 Å². The lowest BCUT2D eigenvalue weighted by atomic mass is 10.0. The molecule has 0 saturated carbocycles. The number of aromatic nitrogens is 1. The number of imide groups is 1. The van der Waals surface area contributed by atoms with E-state index in [9.17, 15) is 43.5 Å². The number of benzene rings is 4. The first-order valence-corrected chi connectivity index (χ1v) is 23.9. The molecule has 0 aliphatic carbocycles. The van der Waals surface area contributed by atoms with Crippen molar-refractivity contribution in [3.8, 4) is 5.75 Å². The van der Waals surface area contributed by atoms with Crippen LogP contribution in [0.25, 0.3) is 21.7 Å². The fourth-order valence-electron chi connectivity index (χ4n) is 8.75. The van der Waals surface area contributed by atoms with Crippen LogP contribution in [0.1, 0.15) is 64.9 Å². The van der Waals surface area contributed by atoms with Crippen molar-refractivity contribution in [3.63, 3.8) is 0 Å². The number of anilines is 3. The second-order valence-corrected chi connectivity index (χ2v) is 17.9. The molecule has 0 unspecified atom stereocenters. The number of H-pyrrole nitrogens is 1. The highest BCUT2D eigenvalue weighted by Crippen LogP contribution is 2.43. The molecule has 19 heteroatoms. The number of unbranched alkanes of at least 4 members (excludes halogenated alkanes) is 2. The Morgan fingerprint density at radius 2 is 1.54 bits per heavy atom. The second-order valence-electron chi connectivity index (χ2n) is 17.3. The summed E-state index contributed by atoms with van der Waals surface area (Å²) < 4.78 is 6.06. The Morgan fingerprint density at radius 3 is 2.25 bits per heavy atom. The maximum Gasteiger partial charge on any atom is 0.415 e. The lowest BCUT2D eigenvalue weighted by molar-refractivity contribution is -0.138. The lowest BCUT2D eigenvalue weighted by Crippen LogP contribution is -2.48. The van der Waals surface area contributed by atoms with Gasteiger partial charge in [-0.05, 0) is 92.2 Å². The zero-order chi connectivity index (χ0) is 48.8. The average Bonchev–Trinajstić information content (AvgIpc) is 4.04. The Kier molecular flexibility index (Phi) is 14.8. The fourth-order valence-corrected chi connectivity index (χ4v) is 9.27. The molecule has 4 aromatic carbocycles. The van der Waals surface area contributed by atoms with Crippen molar-refractivity contribution in [2.75, 3.05) is 60.6 Å². The minimum Gasteiger partial charge on any atom is -0.481 e. The molecule has 358 valence electrons. The summed E-state index contributed by atoms with van der Waals surface area (Å²) in [7, 11) is 2.02. The van der Waals surface area contributed by atoms with Gasteiger partial charge in [0, 0.05) is 102 Å². The topological polar surface area (TPSA) is 231 Å². The van der Waals surface area contributed by atoms with Crippen LogP contribution in [0.3, 0.4) is 0 Å². The van der Waals surface area contributed by atoms with E-state index < -0.39 is 35.8 Å². The van der Waals surface area contributed by atoms with Gasteiger partial charge in [-0.15, -0.1) is 0 Å². The standard InChI is InChI=1S/C50H51BrN8O10/c1-56-21-23-57(24-22-56)50(68)69-42-28-41-37(35-7-4-5-8-36(35)42)27-34(29-51)59(41)49(67)40-26-31-25-33(14-15-38(31)54-40)53-47(65)30-10-12-32(13-11-30)52-48(66)39(16-19-46(63)64)55-43(60)9-3-2-6-20-58-44(61)17-18-45(58)62/h4-5,7-8,10-15,17-18,25-26,28,34,39,54H,2-3,6,9,16,19-24,27,29H2,1H3,(H,52,66)(H,53,65)(H,55,60)(H,63,64)/t34-,39-/m0/s1. The number of rotatable bonds is 17. The summed E-state index contributed by atoms with van der Waals surface area (Å²) in [5.74, 6) is -3.28. The summed E-state index contributed by atoms with van der Waals surface area (Å²) in [4.78, 5) is 112. The van der Waals surface area contributed by atoms with Crippen LogP contribution in [0.15, 0.2) is 91.0 Å². The molecule has 3 aliphatic heterocycles. The number of fused-ring (bicyclic) bond motifs is 4. The zero-order valence-corrected chi connectivity index (χ0v) is 39.4. The molecule has 0 radical (unpaired) electrons. The smallest absolute Gasteiger partial charge is 0.415 e. The molecule has 7 amide bonds. The maximum absolute atomic E-state index is 14.5. The van der Waals surface area contributed by atoms with E-state index in [2.05, 4.69) is 41.8 Å². The molecule has 1 saturated heterocycles. The second kappa shape index (κ2) is 21.3. The predicted octanol–water partition coefficient (Wildman–Crippen LogP) is 6.06. The average molecular weight is 1000 g/mol. The van der Waals surface area contributed by atoms with Crippen LogP contribution in [0.2, 0.25) is 0 Å². The number of nitrogens with zero attached hydrogens (tertiary/aromatic N) is 4. The van der Waals surface area contributed by atoms with Crippen molar-refractivity contribution in [1.29, 1.82) is 0 Å². The third-order valence-electron chi connectivity index (χ3n) is 12.5. The highest BCUT2D eigenvalue weighted by atomic mass is 79.9. The minimum atomic E-state index is -1.14. The van der Waals surface area contributed by atoms with Crippen LogP contribution < -0.4 is 25.6 Å². The summed E-state index contributed by atoms with van der Waals surface area (Å²) in [5, 5.41) is 20.3. The van der Waals surface area contributed by atoms with Gasteiger partial charge in [0.25, 0.3) is 23.6 Å². The third kappa shape index (κ3) is 11.2. The number of carbonyl (C=O) groups excluding carboxylic acids is 7. The molecule has 3 aliphatic rings. The molecule has 18 nitrogen and oxygen atoms in total. The van der Waals surface area contributed by atoms with Gasteiger partial charge in [-0.3, -0.25) is 38.5 Å². The summed E-state index contributed by atoms with van der Waals surface area (Å²) in [5.41, 5.74) is 3.72. The molecule has 0 bridgehead atoms. The Hall–Kier alpha value is -7.38. The van der Waals surface area contributed by atoms with Crippen molar-refractivity contribution in [2.45, 2.75) is 57.0 Å². The minimum absolute atomic E-state index is 0.0556. The molecule has 0 spiro atoms. The van der Waals surface area contributed by atoms with Gasteiger partial charge in [0.05, 0.1) is 11.7 Å². The molecule has 2 atom stereocenters. The molecule has 1 aromatic heterocycles. The van der Waals surface area contributed by atoms with Crippen LogP contribution in [0.5, 0.6) is 5.75 Å². The molecular weight excluding hydrogens is 952 g/mol. The van der Waals surface area contributed by atoms with Gasteiger partial charge in [0.1, 0.15) is 17.5 Å². The molecular formula is C50H51BrN8O10. The SMILES string of the molecule is CN1CCN(C(=O)Oc2cc3c(c4ccccc24)C[C@@H](CBr)N3C(=O)c2cc3cc(NC(=O)c4ccc(NC(=O)[C@H](CCC(=O)O)NC(=O)CCCCCN5C(=O)C=CC5=O)cc4)ccc3[nH]2)CC1. The molecule has 4 heterocycles. The molecule has 8 rings (SSSR count). The van der Waals surface area contributed by atoms with E-state index in [1.54, 1.807) is 40.1 Å². The van der Waals surface area contributed by atoms with E-state index in [1.165, 1.54) is 36.4 Å². The number of piperazine rings is 1. The van der Waals surface area contributed by atoms with Gasteiger partial charge in [0.15, 0.2) is 0 Å². The number of hydrogen-bond acceptors (Lipinski definition) is 10. The number of aliphatic carboxylic acids is 1. The molecule has 5 aromatic rings. The fraction of sp³-hybridized carbons (Fsp3) is 0.320. The number of ether oxygens (including phenoxy) is 1. The summed E-state index contributed by atoms with van der Waals surface area (Å²) >= 11 is 3.63. The molecule has 5 N–H and O–H groups in total. The normalized spacial score (nSPS) is 16.2. The number of nitrogens with one attached hydrogen (secondary N) is 4. The summed E-state index contributed by atoms with van der Waals surface area (Å²) in [6.07, 6.45) is 3.59. The van der Waals surface area contributed by atoms with Gasteiger partial charge < -0.3 is 45.5 Å². The van der Waals surface area contributed by atoms with Gasteiger partial charge >= 0.3 is 12.1 Å². The predicted molar refractivity (Wildman–Crippen MR) is 262 cm³/mol. The maximum atomic E-state index is 14.5. The number of aromatic amines is 1. The van der Waals surface area contributed by atoms with Crippen LogP contribution >= 0.6 is 15.9 Å². The van der Waals surface area contributed by atoms with E-state index in [-0.39, 0.29) is 55.1 Å². The third-order valence-corrected chi connectivity index (χ3v) is 13.3. The number of likely N-dealkylation sites (N-methyl/N-ethyl adjacent to an activating group) is 1. The van der Waals surface area contributed by atoms with Crippen molar-refractivity contribution in [3.05, 3.63) is 108 Å². The van der Waals surface area contributed by atoms with Gasteiger partial charge in [-0.1, -0.05) is 46.6 Å². The summed E-state index contributed by atoms with van der Waals surface area (Å²) in [6.45, 7) is 2.84. The number of alkyl halides is 1. The van der Waals surface area contributed by atoms with Crippen molar-refractivity contribution < 1.29 is 48.2 Å². The van der Waals surface area contributed by atoms with E-state index in [1.807, 2.05) is 31.3 Å².